The summed E-state index contributed by atoms with van der Waals surface area (Å²) in [6, 6.07) is 0. The lowest BCUT2D eigenvalue weighted by molar-refractivity contribution is -0.870. The number of esters is 2. The van der Waals surface area contributed by atoms with Crippen LogP contribution in [0.3, 0.4) is 0 Å². The number of carbonyl (C=O) groups excluding carboxylic acids is 2. The monoisotopic (exact) mass is 1250 g/mol. The van der Waals surface area contributed by atoms with E-state index in [1.807, 2.05) is 21.1 Å². The van der Waals surface area contributed by atoms with Crippen LogP contribution in [0.1, 0.15) is 406 Å². The van der Waals surface area contributed by atoms with Gasteiger partial charge in [-0.25, -0.2) is 0 Å². The normalized spacial score (nSPS) is 13.1. The van der Waals surface area contributed by atoms with Gasteiger partial charge in [-0.3, -0.25) is 14.2 Å². The van der Waals surface area contributed by atoms with Gasteiger partial charge in [-0.1, -0.05) is 372 Å². The number of phosphoric acid groups is 1. The number of phosphoric ester groups is 1. The molecule has 516 valence electrons. The van der Waals surface area contributed by atoms with E-state index in [-0.39, 0.29) is 32.0 Å². The molecular formula is C77H150NO8P. The summed E-state index contributed by atoms with van der Waals surface area (Å²) in [7, 11) is 1.19. The van der Waals surface area contributed by atoms with Crippen molar-refractivity contribution in [1.29, 1.82) is 0 Å². The first-order chi connectivity index (χ1) is 42.5. The zero-order valence-electron chi connectivity index (χ0n) is 59.0. The second-order valence-corrected chi connectivity index (χ2v) is 29.1. The molecule has 10 heteroatoms. The zero-order chi connectivity index (χ0) is 63.4. The van der Waals surface area contributed by atoms with Crippen LogP contribution in [0.2, 0.25) is 0 Å². The summed E-state index contributed by atoms with van der Waals surface area (Å²) >= 11 is 0. The van der Waals surface area contributed by atoms with Crippen molar-refractivity contribution in [2.45, 2.75) is 412 Å². The highest BCUT2D eigenvalue weighted by Crippen LogP contribution is 2.38. The Labute approximate surface area is 542 Å². The van der Waals surface area contributed by atoms with Gasteiger partial charge in [0.25, 0.3) is 7.82 Å². The van der Waals surface area contributed by atoms with E-state index in [1.54, 1.807) is 0 Å². The van der Waals surface area contributed by atoms with E-state index in [1.165, 1.54) is 334 Å². The molecule has 2 unspecified atom stereocenters. The van der Waals surface area contributed by atoms with Gasteiger partial charge in [-0.2, -0.15) is 0 Å². The average molecular weight is 1250 g/mol. The van der Waals surface area contributed by atoms with E-state index in [4.69, 9.17) is 18.5 Å². The third-order valence-corrected chi connectivity index (χ3v) is 18.7. The van der Waals surface area contributed by atoms with Crippen LogP contribution in [-0.2, 0) is 32.7 Å². The molecule has 0 saturated heterocycles. The van der Waals surface area contributed by atoms with Crippen LogP contribution >= 0.6 is 7.82 Å². The second-order valence-electron chi connectivity index (χ2n) is 27.7. The van der Waals surface area contributed by atoms with Gasteiger partial charge >= 0.3 is 11.9 Å². The number of nitrogens with zero attached hydrogens (tertiary/aromatic N) is 1. The molecular weight excluding hydrogens is 1100 g/mol. The highest BCUT2D eigenvalue weighted by atomic mass is 31.2. The van der Waals surface area contributed by atoms with E-state index in [2.05, 4.69) is 38.2 Å². The Morgan fingerprint density at radius 2 is 0.621 bits per heavy atom. The molecule has 87 heavy (non-hydrogen) atoms. The molecule has 0 aromatic heterocycles. The molecule has 0 N–H and O–H groups in total. The van der Waals surface area contributed by atoms with Gasteiger partial charge in [-0.05, 0) is 44.9 Å². The van der Waals surface area contributed by atoms with Gasteiger partial charge < -0.3 is 27.9 Å². The highest BCUT2D eigenvalue weighted by molar-refractivity contribution is 7.45. The fourth-order valence-electron chi connectivity index (χ4n) is 11.8. The lowest BCUT2D eigenvalue weighted by Gasteiger charge is -2.28. The number of carbonyl (C=O) groups is 2. The van der Waals surface area contributed by atoms with Gasteiger partial charge in [0.15, 0.2) is 6.10 Å². The predicted molar refractivity (Wildman–Crippen MR) is 375 cm³/mol. The van der Waals surface area contributed by atoms with Gasteiger partial charge in [-0.15, -0.1) is 0 Å². The number of rotatable bonds is 73. The SMILES string of the molecule is CCCCCCC/C=C\C/C=C\CCCCCCCCCCCCCCCCCCCCCCCCCC(=O)OC(COC(=O)CCCCCCCCCCCCCCCCCCCCCCCCCCCCCC)COP(=O)([O-])OCC[N+](C)(C)C. The molecule has 0 aliphatic heterocycles. The molecule has 0 spiro atoms. The van der Waals surface area contributed by atoms with E-state index in [0.29, 0.717) is 17.4 Å². The van der Waals surface area contributed by atoms with E-state index in [9.17, 15) is 19.0 Å². The molecule has 0 aromatic carbocycles. The predicted octanol–water partition coefficient (Wildman–Crippen LogP) is 24.6. The molecule has 0 saturated carbocycles. The number of hydrogen-bond donors (Lipinski definition) is 0. The molecule has 0 rings (SSSR count). The third kappa shape index (κ3) is 73.4. The number of allylic oxidation sites excluding steroid dienone is 4. The molecule has 2 atom stereocenters. The Morgan fingerprint density at radius 3 is 0.908 bits per heavy atom. The van der Waals surface area contributed by atoms with Crippen molar-refractivity contribution < 1.29 is 42.1 Å². The van der Waals surface area contributed by atoms with Gasteiger partial charge in [0.1, 0.15) is 19.8 Å². The van der Waals surface area contributed by atoms with Crippen molar-refractivity contribution >= 4 is 19.8 Å². The summed E-state index contributed by atoms with van der Waals surface area (Å²) < 4.78 is 34.4. The lowest BCUT2D eigenvalue weighted by atomic mass is 10.0. The van der Waals surface area contributed by atoms with Crippen LogP contribution in [-0.4, -0.2) is 70.0 Å². The topological polar surface area (TPSA) is 111 Å². The summed E-state index contributed by atoms with van der Waals surface area (Å²) in [5.74, 6) is -0.805. The molecule has 0 aliphatic rings. The van der Waals surface area contributed by atoms with Crippen LogP contribution in [0.4, 0.5) is 0 Å². The minimum Gasteiger partial charge on any atom is -0.756 e. The van der Waals surface area contributed by atoms with Crippen molar-refractivity contribution in [2.24, 2.45) is 0 Å². The van der Waals surface area contributed by atoms with Crippen molar-refractivity contribution in [3.63, 3.8) is 0 Å². The smallest absolute Gasteiger partial charge is 0.306 e. The first-order valence-corrected chi connectivity index (χ1v) is 40.0. The van der Waals surface area contributed by atoms with E-state index >= 15 is 0 Å². The summed E-state index contributed by atoms with van der Waals surface area (Å²) in [5, 5.41) is 0. The number of hydrogen-bond acceptors (Lipinski definition) is 8. The fraction of sp³-hybridized carbons (Fsp3) is 0.922. The molecule has 0 radical (unpaired) electrons. The quantitative estimate of drug-likeness (QED) is 0.0195. The summed E-state index contributed by atoms with van der Waals surface area (Å²) in [6.07, 6.45) is 87.2. The maximum Gasteiger partial charge on any atom is 0.306 e. The Hall–Kier alpha value is -1.51. The van der Waals surface area contributed by atoms with Crippen molar-refractivity contribution in [3.8, 4) is 0 Å². The number of quaternary nitrogens is 1. The van der Waals surface area contributed by atoms with Crippen molar-refractivity contribution in [3.05, 3.63) is 24.3 Å². The first-order valence-electron chi connectivity index (χ1n) is 38.5. The largest absolute Gasteiger partial charge is 0.756 e. The Balaban J connectivity index is 3.92. The van der Waals surface area contributed by atoms with Crippen LogP contribution < -0.4 is 4.89 Å². The van der Waals surface area contributed by atoms with Gasteiger partial charge in [0, 0.05) is 12.8 Å². The van der Waals surface area contributed by atoms with Crippen molar-refractivity contribution in [1.82, 2.24) is 0 Å². The van der Waals surface area contributed by atoms with Gasteiger partial charge in [0.2, 0.25) is 0 Å². The second kappa shape index (κ2) is 68.8. The van der Waals surface area contributed by atoms with E-state index < -0.39 is 26.5 Å². The summed E-state index contributed by atoms with van der Waals surface area (Å²) in [4.78, 5) is 38.1. The Kier molecular flexibility index (Phi) is 67.7. The molecule has 0 bridgehead atoms. The standard InChI is InChI=1S/C77H150NO8P/c1-6-8-10-12-14-16-18-20-22-24-26-28-30-32-34-36-37-38-39-40-41-42-44-46-48-50-52-54-56-58-60-62-64-66-68-70-77(80)86-75(74-85-87(81,82)84-72-71-78(3,4)5)73-83-76(79)69-67-65-63-61-59-57-55-53-51-49-47-45-43-35-33-31-29-27-25-23-21-19-17-15-13-11-9-7-2/h18,20,24,26,75H,6-17,19,21-23,25,27-74H2,1-5H3/b20-18-,26-24-. The highest BCUT2D eigenvalue weighted by Gasteiger charge is 2.22. The van der Waals surface area contributed by atoms with Gasteiger partial charge in [0.05, 0.1) is 27.7 Å². The lowest BCUT2D eigenvalue weighted by Crippen LogP contribution is -2.37. The first kappa shape index (κ1) is 85.5. The number of unbranched alkanes of at least 4 members (excludes halogenated alkanes) is 55. The number of ether oxygens (including phenoxy) is 2. The average Bonchev–Trinajstić information content (AvgIpc) is 3.67. The van der Waals surface area contributed by atoms with E-state index in [0.717, 1.165) is 38.5 Å². The summed E-state index contributed by atoms with van der Waals surface area (Å²) in [5.41, 5.74) is 0. The Morgan fingerprint density at radius 1 is 0.356 bits per heavy atom. The maximum atomic E-state index is 12.9. The fourth-order valence-corrected chi connectivity index (χ4v) is 12.5. The van der Waals surface area contributed by atoms with Crippen LogP contribution in [0.15, 0.2) is 24.3 Å². The minimum atomic E-state index is -4.64. The molecule has 0 aromatic rings. The molecule has 0 amide bonds. The van der Waals surface area contributed by atoms with Crippen LogP contribution in [0.5, 0.6) is 0 Å². The zero-order valence-corrected chi connectivity index (χ0v) is 59.9. The maximum absolute atomic E-state index is 12.9. The van der Waals surface area contributed by atoms with Crippen molar-refractivity contribution in [2.75, 3.05) is 47.5 Å². The Bertz CT molecular complexity index is 1510. The van der Waals surface area contributed by atoms with Crippen LogP contribution in [0, 0.1) is 0 Å². The molecule has 9 nitrogen and oxygen atoms in total. The minimum absolute atomic E-state index is 0.0262. The van der Waals surface area contributed by atoms with Crippen LogP contribution in [0.25, 0.3) is 0 Å². The third-order valence-electron chi connectivity index (χ3n) is 17.7. The molecule has 0 aliphatic carbocycles. The molecule has 0 fully saturated rings. The number of likely N-dealkylation sites (N-methyl/N-ethyl adjacent to an activating group) is 1. The molecule has 0 heterocycles. The summed E-state index contributed by atoms with van der Waals surface area (Å²) in [6.45, 7) is 4.32.